The van der Waals surface area contributed by atoms with Crippen LogP contribution in [0.15, 0.2) is 0 Å². The molecule has 18 heavy (non-hydrogen) atoms. The lowest BCUT2D eigenvalue weighted by Crippen LogP contribution is -2.54. The summed E-state index contributed by atoms with van der Waals surface area (Å²) in [4.78, 5) is 37.7. The number of amides is 4. The van der Waals surface area contributed by atoms with Crippen LogP contribution in [0.1, 0.15) is 13.8 Å². The molecule has 2 heterocycles. The molecule has 2 fully saturated rings. The van der Waals surface area contributed by atoms with Crippen molar-refractivity contribution in [3.05, 3.63) is 0 Å². The minimum absolute atomic E-state index is 0.0555. The molecule has 0 aromatic rings. The van der Waals surface area contributed by atoms with Gasteiger partial charge in [0, 0.05) is 25.6 Å². The third-order valence-corrected chi connectivity index (χ3v) is 3.31. The molecule has 7 nitrogen and oxygen atoms in total. The highest BCUT2D eigenvalue weighted by Crippen LogP contribution is 2.19. The molecule has 0 saturated carbocycles. The van der Waals surface area contributed by atoms with Crippen LogP contribution in [0.3, 0.4) is 0 Å². The van der Waals surface area contributed by atoms with Gasteiger partial charge in [0.15, 0.2) is 0 Å². The molecule has 2 N–H and O–H groups in total. The summed E-state index contributed by atoms with van der Waals surface area (Å²) in [5.74, 6) is -0.533. The highest BCUT2D eigenvalue weighted by Gasteiger charge is 2.45. The summed E-state index contributed by atoms with van der Waals surface area (Å²) >= 11 is 0. The van der Waals surface area contributed by atoms with E-state index in [9.17, 15) is 14.4 Å². The minimum Gasteiger partial charge on any atom is -0.396 e. The molecule has 7 heteroatoms. The summed E-state index contributed by atoms with van der Waals surface area (Å²) in [6.45, 7) is 4.00. The normalized spacial score (nSPS) is 23.1. The number of aliphatic hydroxyl groups excluding tert-OH is 1. The maximum atomic E-state index is 11.9. The number of urea groups is 1. The molecule has 0 atom stereocenters. The third-order valence-electron chi connectivity index (χ3n) is 3.31. The number of aliphatic hydroxyl groups is 1. The lowest BCUT2D eigenvalue weighted by molar-refractivity contribution is -0.143. The molecule has 0 aliphatic carbocycles. The van der Waals surface area contributed by atoms with E-state index in [4.69, 9.17) is 5.11 Å². The molecule has 0 aromatic heterocycles. The fourth-order valence-electron chi connectivity index (χ4n) is 2.09. The van der Waals surface area contributed by atoms with E-state index in [2.05, 4.69) is 5.32 Å². The van der Waals surface area contributed by atoms with Crippen LogP contribution in [0.5, 0.6) is 0 Å². The molecular formula is C11H17N3O4. The number of carbonyl (C=O) groups is 3. The Balaban J connectivity index is 1.92. The molecule has 0 aromatic carbocycles. The Morgan fingerprint density at radius 3 is 2.50 bits per heavy atom. The highest BCUT2D eigenvalue weighted by molar-refractivity contribution is 6.08. The van der Waals surface area contributed by atoms with Gasteiger partial charge in [-0.3, -0.25) is 14.5 Å². The Morgan fingerprint density at radius 1 is 1.44 bits per heavy atom. The van der Waals surface area contributed by atoms with Gasteiger partial charge >= 0.3 is 6.03 Å². The standard InChI is InChI=1S/C11H17N3O4/c1-11(2)9(17)14(10(18)12-11)5-8(16)13-3-7(4-13)6-15/h7,15H,3-6H2,1-2H3,(H,12,18). The summed E-state index contributed by atoms with van der Waals surface area (Å²) in [5, 5.41) is 11.4. The van der Waals surface area contributed by atoms with Crippen molar-refractivity contribution in [3.63, 3.8) is 0 Å². The van der Waals surface area contributed by atoms with Crippen molar-refractivity contribution in [2.24, 2.45) is 5.92 Å². The van der Waals surface area contributed by atoms with Crippen LogP contribution >= 0.6 is 0 Å². The monoisotopic (exact) mass is 255 g/mol. The van der Waals surface area contributed by atoms with Crippen molar-refractivity contribution < 1.29 is 19.5 Å². The smallest absolute Gasteiger partial charge is 0.325 e. The first-order chi connectivity index (χ1) is 8.35. The van der Waals surface area contributed by atoms with Gasteiger partial charge in [-0.25, -0.2) is 4.79 Å². The number of imide groups is 1. The molecule has 2 saturated heterocycles. The molecule has 4 amide bonds. The van der Waals surface area contributed by atoms with Crippen molar-refractivity contribution in [1.82, 2.24) is 15.1 Å². The van der Waals surface area contributed by atoms with Crippen molar-refractivity contribution in [2.75, 3.05) is 26.2 Å². The van der Waals surface area contributed by atoms with E-state index in [0.717, 1.165) is 4.90 Å². The van der Waals surface area contributed by atoms with Crippen LogP contribution in [0.4, 0.5) is 4.79 Å². The van der Waals surface area contributed by atoms with Gasteiger partial charge in [-0.1, -0.05) is 0 Å². The van der Waals surface area contributed by atoms with Crippen molar-refractivity contribution in [1.29, 1.82) is 0 Å². The number of rotatable bonds is 3. The quantitative estimate of drug-likeness (QED) is 0.618. The summed E-state index contributed by atoms with van der Waals surface area (Å²) in [5.41, 5.74) is -0.944. The first kappa shape index (κ1) is 12.8. The van der Waals surface area contributed by atoms with E-state index in [1.807, 2.05) is 0 Å². The highest BCUT2D eigenvalue weighted by atomic mass is 16.3. The summed E-state index contributed by atoms with van der Waals surface area (Å²) in [7, 11) is 0. The van der Waals surface area contributed by atoms with Gasteiger partial charge in [0.2, 0.25) is 5.91 Å². The molecule has 0 unspecified atom stereocenters. The van der Waals surface area contributed by atoms with Crippen LogP contribution in [-0.4, -0.2) is 64.5 Å². The van der Waals surface area contributed by atoms with Crippen LogP contribution in [0, 0.1) is 5.92 Å². The molecular weight excluding hydrogens is 238 g/mol. The van der Waals surface area contributed by atoms with Crippen molar-refractivity contribution in [2.45, 2.75) is 19.4 Å². The molecule has 100 valence electrons. The zero-order valence-electron chi connectivity index (χ0n) is 10.5. The molecule has 2 rings (SSSR count). The second-order valence-electron chi connectivity index (χ2n) is 5.29. The summed E-state index contributed by atoms with van der Waals surface area (Å²) in [6, 6.07) is -0.530. The average molecular weight is 255 g/mol. The lowest BCUT2D eigenvalue weighted by Gasteiger charge is -2.38. The fraction of sp³-hybridized carbons (Fsp3) is 0.727. The molecule has 2 aliphatic rings. The second-order valence-corrected chi connectivity index (χ2v) is 5.29. The fourth-order valence-corrected chi connectivity index (χ4v) is 2.09. The summed E-state index contributed by atoms with van der Waals surface area (Å²) in [6.07, 6.45) is 0. The van der Waals surface area contributed by atoms with Crippen molar-refractivity contribution >= 4 is 17.8 Å². The predicted octanol–water partition coefficient (Wildman–Crippen LogP) is -1.23. The number of nitrogens with zero attached hydrogens (tertiary/aromatic N) is 2. The van der Waals surface area contributed by atoms with Gasteiger partial charge in [-0.2, -0.15) is 0 Å². The average Bonchev–Trinajstić information content (AvgIpc) is 2.39. The van der Waals surface area contributed by atoms with Crippen LogP contribution < -0.4 is 5.32 Å². The number of likely N-dealkylation sites (tertiary alicyclic amines) is 1. The Morgan fingerprint density at radius 2 is 2.06 bits per heavy atom. The van der Waals surface area contributed by atoms with E-state index in [1.54, 1.807) is 13.8 Å². The van der Waals surface area contributed by atoms with E-state index in [-0.39, 0.29) is 30.9 Å². The predicted molar refractivity (Wildman–Crippen MR) is 61.5 cm³/mol. The number of nitrogens with one attached hydrogen (secondary N) is 1. The topological polar surface area (TPSA) is 90.0 Å². The Hall–Kier alpha value is -1.63. The Labute approximate surface area is 105 Å². The van der Waals surface area contributed by atoms with Crippen LogP contribution in [0.2, 0.25) is 0 Å². The number of hydrogen-bond donors (Lipinski definition) is 2. The van der Waals surface area contributed by atoms with Gasteiger partial charge in [0.1, 0.15) is 12.1 Å². The van der Waals surface area contributed by atoms with Gasteiger partial charge in [0.25, 0.3) is 5.91 Å². The van der Waals surface area contributed by atoms with Gasteiger partial charge < -0.3 is 15.3 Å². The molecule has 2 aliphatic heterocycles. The molecule has 0 radical (unpaired) electrons. The maximum absolute atomic E-state index is 11.9. The third kappa shape index (κ3) is 2.05. The molecule has 0 bridgehead atoms. The number of hydrogen-bond acceptors (Lipinski definition) is 4. The summed E-state index contributed by atoms with van der Waals surface area (Å²) < 4.78 is 0. The minimum atomic E-state index is -0.944. The Bertz CT molecular complexity index is 401. The zero-order valence-corrected chi connectivity index (χ0v) is 10.5. The van der Waals surface area contributed by atoms with E-state index < -0.39 is 11.6 Å². The second kappa shape index (κ2) is 4.24. The molecule has 0 spiro atoms. The lowest BCUT2D eigenvalue weighted by atomic mass is 10.0. The van der Waals surface area contributed by atoms with Crippen LogP contribution in [0.25, 0.3) is 0 Å². The van der Waals surface area contributed by atoms with Crippen molar-refractivity contribution in [3.8, 4) is 0 Å². The largest absolute Gasteiger partial charge is 0.396 e. The van der Waals surface area contributed by atoms with Gasteiger partial charge in [-0.15, -0.1) is 0 Å². The van der Waals surface area contributed by atoms with E-state index in [1.165, 1.54) is 4.90 Å². The number of carbonyl (C=O) groups excluding carboxylic acids is 3. The van der Waals surface area contributed by atoms with Gasteiger partial charge in [0.05, 0.1) is 0 Å². The van der Waals surface area contributed by atoms with Crippen LogP contribution in [-0.2, 0) is 9.59 Å². The zero-order chi connectivity index (χ0) is 13.5. The first-order valence-electron chi connectivity index (χ1n) is 5.88. The van der Waals surface area contributed by atoms with E-state index >= 15 is 0 Å². The van der Waals surface area contributed by atoms with E-state index in [0.29, 0.717) is 13.1 Å². The van der Waals surface area contributed by atoms with Gasteiger partial charge in [-0.05, 0) is 13.8 Å². The Kier molecular flexibility index (Phi) is 3.02. The SMILES string of the molecule is CC1(C)NC(=O)N(CC(=O)N2CC(CO)C2)C1=O. The maximum Gasteiger partial charge on any atom is 0.325 e. The first-order valence-corrected chi connectivity index (χ1v) is 5.88.